The molecule has 1 aliphatic rings. The van der Waals surface area contributed by atoms with Crippen LogP contribution in [0.15, 0.2) is 109 Å². The van der Waals surface area contributed by atoms with Crippen LogP contribution in [0.5, 0.6) is 17.2 Å². The van der Waals surface area contributed by atoms with Gasteiger partial charge < -0.3 is 14.6 Å². The normalized spacial score (nSPS) is 16.7. The zero-order valence-corrected chi connectivity index (χ0v) is 19.4. The highest BCUT2D eigenvalue weighted by molar-refractivity contribution is 6.51. The molecule has 1 aliphatic heterocycles. The van der Waals surface area contributed by atoms with Crippen molar-refractivity contribution in [1.82, 2.24) is 4.98 Å². The van der Waals surface area contributed by atoms with Gasteiger partial charge in [-0.15, -0.1) is 0 Å². The van der Waals surface area contributed by atoms with Gasteiger partial charge in [-0.2, -0.15) is 0 Å². The number of ether oxygens (including phenoxy) is 2. The smallest absolute Gasteiger partial charge is 0.301 e. The Labute approximate surface area is 207 Å². The van der Waals surface area contributed by atoms with E-state index in [0.717, 1.165) is 0 Å². The predicted octanol–water partition coefficient (Wildman–Crippen LogP) is 5.51. The molecule has 7 nitrogen and oxygen atoms in total. The van der Waals surface area contributed by atoms with E-state index in [1.54, 1.807) is 72.9 Å². The maximum Gasteiger partial charge on any atom is 0.301 e. The zero-order valence-electron chi connectivity index (χ0n) is 19.4. The van der Waals surface area contributed by atoms with E-state index in [0.29, 0.717) is 34.2 Å². The summed E-state index contributed by atoms with van der Waals surface area (Å²) in [5, 5.41) is 11.3. The third kappa shape index (κ3) is 4.30. The Bertz CT molecular complexity index is 1430. The van der Waals surface area contributed by atoms with Gasteiger partial charge in [-0.25, -0.2) is 4.98 Å². The van der Waals surface area contributed by atoms with Crippen molar-refractivity contribution in [3.63, 3.8) is 0 Å². The number of aliphatic hydroxyl groups excluding tert-OH is 1. The maximum absolute atomic E-state index is 13.3. The number of ketones is 1. The fourth-order valence-corrected chi connectivity index (χ4v) is 4.16. The number of nitrogens with zero attached hydrogens (tertiary/aromatic N) is 2. The van der Waals surface area contributed by atoms with Crippen molar-refractivity contribution in [3.8, 4) is 17.2 Å². The monoisotopic (exact) mass is 478 g/mol. The van der Waals surface area contributed by atoms with E-state index in [1.807, 2.05) is 30.3 Å². The highest BCUT2D eigenvalue weighted by Crippen LogP contribution is 2.42. The van der Waals surface area contributed by atoms with Gasteiger partial charge >= 0.3 is 5.91 Å². The molecule has 4 aromatic rings. The molecule has 178 valence electrons. The molecule has 0 radical (unpaired) electrons. The molecule has 5 rings (SSSR count). The van der Waals surface area contributed by atoms with Crippen LogP contribution < -0.4 is 14.4 Å². The number of hydrogen-bond donors (Lipinski definition) is 1. The minimum Gasteiger partial charge on any atom is -0.507 e. The molecule has 0 saturated carbocycles. The number of aliphatic hydroxyl groups is 1. The summed E-state index contributed by atoms with van der Waals surface area (Å²) >= 11 is 0. The van der Waals surface area contributed by atoms with Crippen molar-refractivity contribution in [1.29, 1.82) is 0 Å². The second-order valence-corrected chi connectivity index (χ2v) is 8.07. The number of pyridine rings is 1. The minimum absolute atomic E-state index is 0.0346. The van der Waals surface area contributed by atoms with Crippen molar-refractivity contribution < 1.29 is 24.2 Å². The van der Waals surface area contributed by atoms with E-state index >= 15 is 0 Å². The number of rotatable bonds is 6. The van der Waals surface area contributed by atoms with E-state index < -0.39 is 17.7 Å². The molecule has 2 heterocycles. The summed E-state index contributed by atoms with van der Waals surface area (Å²) in [5.41, 5.74) is 0.938. The Morgan fingerprint density at radius 2 is 1.56 bits per heavy atom. The Balaban J connectivity index is 1.65. The second-order valence-electron chi connectivity index (χ2n) is 8.07. The summed E-state index contributed by atoms with van der Waals surface area (Å²) in [6, 6.07) is 27.2. The largest absolute Gasteiger partial charge is 0.507 e. The summed E-state index contributed by atoms with van der Waals surface area (Å²) in [4.78, 5) is 32.2. The molecular weight excluding hydrogens is 456 g/mol. The molecule has 0 aliphatic carbocycles. The maximum atomic E-state index is 13.3. The number of para-hydroxylation sites is 1. The van der Waals surface area contributed by atoms with Crippen LogP contribution in [0.4, 0.5) is 5.82 Å². The highest BCUT2D eigenvalue weighted by Gasteiger charge is 2.47. The topological polar surface area (TPSA) is 89.0 Å². The number of hydrogen-bond acceptors (Lipinski definition) is 6. The van der Waals surface area contributed by atoms with Crippen LogP contribution in [0.25, 0.3) is 5.76 Å². The van der Waals surface area contributed by atoms with Crippen LogP contribution >= 0.6 is 0 Å². The molecule has 36 heavy (non-hydrogen) atoms. The standard InChI is InChI=1S/C29H22N2O5/c1-35-21-15-13-19(14-16-21)27(32)25-26(31(29(34)28(25)33)24-12-5-6-17-30-24)20-8-7-11-23(18-20)36-22-9-3-2-4-10-22/h2-18,26,32H,1H3/t26-/m0/s1. The Kier molecular flexibility index (Phi) is 6.19. The molecule has 0 spiro atoms. The number of amides is 1. The SMILES string of the molecule is COc1ccc(C(O)=C2C(=O)C(=O)N(c3ccccn3)[C@H]2c2cccc(Oc3ccccc3)c2)cc1. The predicted molar refractivity (Wildman–Crippen MR) is 135 cm³/mol. The molecule has 1 fully saturated rings. The first kappa shape index (κ1) is 22.9. The Morgan fingerprint density at radius 3 is 2.25 bits per heavy atom. The Hall–Kier alpha value is -4.91. The van der Waals surface area contributed by atoms with Gasteiger partial charge in [-0.1, -0.05) is 36.4 Å². The lowest BCUT2D eigenvalue weighted by molar-refractivity contribution is -0.132. The van der Waals surface area contributed by atoms with Crippen molar-refractivity contribution in [2.75, 3.05) is 12.0 Å². The van der Waals surface area contributed by atoms with Gasteiger partial charge in [0.05, 0.1) is 18.7 Å². The summed E-state index contributed by atoms with van der Waals surface area (Å²) < 4.78 is 11.2. The fraction of sp³-hybridized carbons (Fsp3) is 0.0690. The lowest BCUT2D eigenvalue weighted by Crippen LogP contribution is -2.30. The van der Waals surface area contributed by atoms with Crippen LogP contribution in [-0.2, 0) is 9.59 Å². The van der Waals surface area contributed by atoms with Crippen LogP contribution in [0.3, 0.4) is 0 Å². The van der Waals surface area contributed by atoms with Gasteiger partial charge in [-0.05, 0) is 66.2 Å². The highest BCUT2D eigenvalue weighted by atomic mass is 16.5. The van der Waals surface area contributed by atoms with Crippen LogP contribution in [0.2, 0.25) is 0 Å². The van der Waals surface area contributed by atoms with E-state index in [4.69, 9.17) is 9.47 Å². The number of carbonyl (C=O) groups excluding carboxylic acids is 2. The van der Waals surface area contributed by atoms with Crippen molar-refractivity contribution in [3.05, 3.63) is 120 Å². The zero-order chi connectivity index (χ0) is 25.1. The number of aromatic nitrogens is 1. The third-order valence-corrected chi connectivity index (χ3v) is 5.86. The summed E-state index contributed by atoms with van der Waals surface area (Å²) in [6.07, 6.45) is 1.55. The van der Waals surface area contributed by atoms with Crippen LogP contribution in [-0.4, -0.2) is 28.9 Å². The fourth-order valence-electron chi connectivity index (χ4n) is 4.16. The molecular formula is C29H22N2O5. The van der Waals surface area contributed by atoms with E-state index in [1.165, 1.54) is 12.0 Å². The summed E-state index contributed by atoms with van der Waals surface area (Å²) in [6.45, 7) is 0. The minimum atomic E-state index is -0.915. The quantitative estimate of drug-likeness (QED) is 0.223. The molecule has 0 unspecified atom stereocenters. The molecule has 3 aromatic carbocycles. The Morgan fingerprint density at radius 1 is 0.833 bits per heavy atom. The van der Waals surface area contributed by atoms with Gasteiger partial charge in [0, 0.05) is 11.8 Å². The van der Waals surface area contributed by atoms with E-state index in [9.17, 15) is 14.7 Å². The lowest BCUT2D eigenvalue weighted by atomic mass is 9.95. The summed E-state index contributed by atoms with van der Waals surface area (Å²) in [5.74, 6) is 0.210. The van der Waals surface area contributed by atoms with Crippen LogP contribution in [0, 0.1) is 0 Å². The van der Waals surface area contributed by atoms with Crippen molar-refractivity contribution >= 4 is 23.3 Å². The second kappa shape index (κ2) is 9.76. The van der Waals surface area contributed by atoms with Crippen molar-refractivity contribution in [2.45, 2.75) is 6.04 Å². The molecule has 7 heteroatoms. The van der Waals surface area contributed by atoms with E-state index in [2.05, 4.69) is 4.98 Å². The number of anilines is 1. The first-order chi connectivity index (χ1) is 17.6. The number of Topliss-reactive ketones (excluding diaryl/α,β-unsaturated/α-hetero) is 1. The number of benzene rings is 3. The average Bonchev–Trinajstić information content (AvgIpc) is 3.19. The molecule has 0 bridgehead atoms. The first-order valence-electron chi connectivity index (χ1n) is 11.3. The van der Waals surface area contributed by atoms with E-state index in [-0.39, 0.29) is 11.3 Å². The first-order valence-corrected chi connectivity index (χ1v) is 11.3. The number of methoxy groups -OCH3 is 1. The lowest BCUT2D eigenvalue weighted by Gasteiger charge is -2.24. The van der Waals surface area contributed by atoms with Gasteiger partial charge in [-0.3, -0.25) is 14.5 Å². The molecule has 1 saturated heterocycles. The number of carbonyl (C=O) groups is 2. The summed E-state index contributed by atoms with van der Waals surface area (Å²) in [7, 11) is 1.54. The molecule has 1 atom stereocenters. The van der Waals surface area contributed by atoms with Gasteiger partial charge in [0.2, 0.25) is 0 Å². The van der Waals surface area contributed by atoms with Gasteiger partial charge in [0.1, 0.15) is 28.8 Å². The van der Waals surface area contributed by atoms with Crippen LogP contribution in [0.1, 0.15) is 17.2 Å². The third-order valence-electron chi connectivity index (χ3n) is 5.86. The molecule has 1 aromatic heterocycles. The van der Waals surface area contributed by atoms with Crippen molar-refractivity contribution in [2.24, 2.45) is 0 Å². The molecule has 1 amide bonds. The average molecular weight is 479 g/mol. The van der Waals surface area contributed by atoms with Gasteiger partial charge in [0.15, 0.2) is 0 Å². The van der Waals surface area contributed by atoms with Gasteiger partial charge in [0.25, 0.3) is 5.78 Å². The molecule has 1 N–H and O–H groups in total.